The van der Waals surface area contributed by atoms with Crippen molar-refractivity contribution >= 4 is 44.8 Å². The van der Waals surface area contributed by atoms with Gasteiger partial charge < -0.3 is 15.4 Å². The zero-order chi connectivity index (χ0) is 22.4. The second-order valence-corrected chi connectivity index (χ2v) is 9.41. The van der Waals surface area contributed by atoms with Crippen molar-refractivity contribution in [3.05, 3.63) is 47.5 Å². The van der Waals surface area contributed by atoms with Gasteiger partial charge in [-0.1, -0.05) is 24.4 Å². The van der Waals surface area contributed by atoms with Gasteiger partial charge >= 0.3 is 0 Å². The monoisotopic (exact) mass is 465 g/mol. The lowest BCUT2D eigenvalue weighted by atomic mass is 10.2. The van der Waals surface area contributed by atoms with E-state index in [0.717, 1.165) is 25.7 Å². The Bertz CT molecular complexity index is 1050. The fourth-order valence-electron chi connectivity index (χ4n) is 3.28. The van der Waals surface area contributed by atoms with Crippen molar-refractivity contribution in [2.24, 2.45) is 0 Å². The van der Waals surface area contributed by atoms with Gasteiger partial charge in [-0.3, -0.25) is 9.59 Å². The molecule has 0 spiro atoms. The van der Waals surface area contributed by atoms with Crippen LogP contribution >= 0.6 is 11.6 Å². The number of benzene rings is 2. The molecule has 0 bridgehead atoms. The molecule has 0 heterocycles. The van der Waals surface area contributed by atoms with Crippen LogP contribution in [0.2, 0.25) is 5.02 Å². The molecular weight excluding hydrogens is 442 g/mol. The molecule has 1 aliphatic carbocycles. The Morgan fingerprint density at radius 2 is 1.65 bits per heavy atom. The predicted octanol–water partition coefficient (Wildman–Crippen LogP) is 3.54. The van der Waals surface area contributed by atoms with Crippen LogP contribution < -0.4 is 20.1 Å². The molecule has 3 N–H and O–H groups in total. The lowest BCUT2D eigenvalue weighted by Crippen LogP contribution is -2.32. The average Bonchev–Trinajstić information content (AvgIpc) is 3.20. The van der Waals surface area contributed by atoms with Gasteiger partial charge in [-0.05, 0) is 55.3 Å². The quantitative estimate of drug-likeness (QED) is 0.551. The number of carbonyl (C=O) groups excluding carboxylic acids is 2. The molecule has 3 rings (SSSR count). The number of anilines is 2. The third-order valence-corrected chi connectivity index (χ3v) is 6.55. The Morgan fingerprint density at radius 1 is 1.03 bits per heavy atom. The number of rotatable bonds is 8. The normalized spacial score (nSPS) is 14.3. The van der Waals surface area contributed by atoms with Gasteiger partial charge in [0.05, 0.1) is 9.92 Å². The summed E-state index contributed by atoms with van der Waals surface area (Å²) < 4.78 is 33.1. The van der Waals surface area contributed by atoms with E-state index >= 15 is 0 Å². The van der Waals surface area contributed by atoms with E-state index < -0.39 is 15.9 Å². The molecule has 8 nitrogen and oxygen atoms in total. The zero-order valence-electron chi connectivity index (χ0n) is 17.0. The molecular formula is C21H24ClN3O5S. The number of sulfonamides is 1. The highest BCUT2D eigenvalue weighted by molar-refractivity contribution is 7.89. The highest BCUT2D eigenvalue weighted by Crippen LogP contribution is 2.28. The summed E-state index contributed by atoms with van der Waals surface area (Å²) in [6.45, 7) is 1.10. The second-order valence-electron chi connectivity index (χ2n) is 7.29. The number of hydrogen-bond donors (Lipinski definition) is 3. The second kappa shape index (κ2) is 10.1. The molecule has 1 aliphatic rings. The highest BCUT2D eigenvalue weighted by atomic mass is 35.5. The van der Waals surface area contributed by atoms with E-state index in [1.807, 2.05) is 0 Å². The van der Waals surface area contributed by atoms with Crippen molar-refractivity contribution in [3.63, 3.8) is 0 Å². The number of hydrogen-bond acceptors (Lipinski definition) is 5. The molecule has 0 radical (unpaired) electrons. The summed E-state index contributed by atoms with van der Waals surface area (Å²) >= 11 is 6.17. The minimum atomic E-state index is -3.66. The van der Waals surface area contributed by atoms with Crippen LogP contribution in [0.3, 0.4) is 0 Å². The zero-order valence-corrected chi connectivity index (χ0v) is 18.6. The summed E-state index contributed by atoms with van der Waals surface area (Å²) in [7, 11) is -3.66. The van der Waals surface area contributed by atoms with Gasteiger partial charge in [0.25, 0.3) is 5.91 Å². The van der Waals surface area contributed by atoms with Crippen LogP contribution in [0.5, 0.6) is 5.75 Å². The third kappa shape index (κ3) is 6.68. The van der Waals surface area contributed by atoms with Crippen molar-refractivity contribution in [2.75, 3.05) is 17.2 Å². The fraction of sp³-hybridized carbons (Fsp3) is 0.333. The van der Waals surface area contributed by atoms with Gasteiger partial charge in [-0.25, -0.2) is 13.1 Å². The smallest absolute Gasteiger partial charge is 0.262 e. The van der Waals surface area contributed by atoms with Gasteiger partial charge in [-0.2, -0.15) is 0 Å². The topological polar surface area (TPSA) is 114 Å². The maximum Gasteiger partial charge on any atom is 0.262 e. The molecule has 166 valence electrons. The highest BCUT2D eigenvalue weighted by Gasteiger charge is 2.23. The van der Waals surface area contributed by atoms with Crippen molar-refractivity contribution < 1.29 is 22.7 Å². The maximum absolute atomic E-state index is 12.5. The Balaban J connectivity index is 1.55. The molecule has 0 saturated heterocycles. The first kappa shape index (κ1) is 23.1. The van der Waals surface area contributed by atoms with Crippen molar-refractivity contribution in [2.45, 2.75) is 43.5 Å². The van der Waals surface area contributed by atoms with Gasteiger partial charge in [0.1, 0.15) is 5.75 Å². The van der Waals surface area contributed by atoms with E-state index in [0.29, 0.717) is 11.4 Å². The van der Waals surface area contributed by atoms with Crippen molar-refractivity contribution in [3.8, 4) is 5.75 Å². The van der Waals surface area contributed by atoms with E-state index in [2.05, 4.69) is 15.4 Å². The van der Waals surface area contributed by atoms with E-state index in [9.17, 15) is 18.0 Å². The molecule has 0 unspecified atom stereocenters. The molecule has 31 heavy (non-hydrogen) atoms. The maximum atomic E-state index is 12.5. The summed E-state index contributed by atoms with van der Waals surface area (Å²) in [6.07, 6.45) is 3.70. The van der Waals surface area contributed by atoms with Crippen LogP contribution in [0.25, 0.3) is 0 Å². The number of nitrogens with one attached hydrogen (secondary N) is 3. The summed E-state index contributed by atoms with van der Waals surface area (Å²) in [5, 5.41) is 5.40. The van der Waals surface area contributed by atoms with Crippen molar-refractivity contribution in [1.29, 1.82) is 0 Å². The van der Waals surface area contributed by atoms with Gasteiger partial charge in [0.15, 0.2) is 6.61 Å². The van der Waals surface area contributed by atoms with Crippen molar-refractivity contribution in [1.82, 2.24) is 4.72 Å². The first-order valence-corrected chi connectivity index (χ1v) is 11.7. The third-order valence-electron chi connectivity index (χ3n) is 4.74. The van der Waals surface area contributed by atoms with Crippen LogP contribution in [0.4, 0.5) is 11.4 Å². The van der Waals surface area contributed by atoms with Gasteiger partial charge in [0, 0.05) is 24.3 Å². The summed E-state index contributed by atoms with van der Waals surface area (Å²) in [6, 6.07) is 10.7. The first-order chi connectivity index (χ1) is 14.7. The fourth-order valence-corrected chi connectivity index (χ4v) is 4.91. The van der Waals surface area contributed by atoms with Crippen LogP contribution in [-0.4, -0.2) is 32.9 Å². The number of carbonyl (C=O) groups is 2. The lowest BCUT2D eigenvalue weighted by Gasteiger charge is -2.14. The molecule has 10 heteroatoms. The SMILES string of the molecule is CC(=O)Nc1ccc(NC(=O)COc2ccc(S(=O)(=O)NC3CCCC3)cc2Cl)cc1. The predicted molar refractivity (Wildman–Crippen MR) is 119 cm³/mol. The summed E-state index contributed by atoms with van der Waals surface area (Å²) in [5.41, 5.74) is 1.15. The standard InChI is InChI=1S/C21H24ClN3O5S/c1-14(26)23-15-6-8-16(9-7-15)24-21(27)13-30-20-11-10-18(12-19(20)22)31(28,29)25-17-4-2-3-5-17/h6-12,17,25H,2-5,13H2,1H3,(H,23,26)(H,24,27). The van der Waals surface area contributed by atoms with E-state index in [4.69, 9.17) is 16.3 Å². The minimum absolute atomic E-state index is 0.0456. The van der Waals surface area contributed by atoms with Crippen LogP contribution in [-0.2, 0) is 19.6 Å². The summed E-state index contributed by atoms with van der Waals surface area (Å²) in [5.74, 6) is -0.393. The first-order valence-electron chi connectivity index (χ1n) is 9.85. The molecule has 2 amide bonds. The number of ether oxygens (including phenoxy) is 1. The molecule has 0 atom stereocenters. The minimum Gasteiger partial charge on any atom is -0.482 e. The van der Waals surface area contributed by atoms with Gasteiger partial charge in [-0.15, -0.1) is 0 Å². The molecule has 2 aromatic rings. The molecule has 0 aromatic heterocycles. The van der Waals surface area contributed by atoms with E-state index in [1.165, 1.54) is 25.1 Å². The Hall–Kier alpha value is -2.62. The molecule has 0 aliphatic heterocycles. The Kier molecular flexibility index (Phi) is 7.53. The lowest BCUT2D eigenvalue weighted by molar-refractivity contribution is -0.118. The molecule has 1 fully saturated rings. The Labute approximate surface area is 186 Å². The van der Waals surface area contributed by atoms with Crippen LogP contribution in [0.1, 0.15) is 32.6 Å². The Morgan fingerprint density at radius 3 is 2.23 bits per heavy atom. The molecule has 2 aromatic carbocycles. The largest absolute Gasteiger partial charge is 0.482 e. The van der Waals surface area contributed by atoms with Crippen LogP contribution in [0.15, 0.2) is 47.4 Å². The van der Waals surface area contributed by atoms with Gasteiger partial charge in [0.2, 0.25) is 15.9 Å². The van der Waals surface area contributed by atoms with Crippen LogP contribution in [0, 0.1) is 0 Å². The van der Waals surface area contributed by atoms with E-state index in [-0.39, 0.29) is 34.2 Å². The number of amides is 2. The summed E-state index contributed by atoms with van der Waals surface area (Å²) in [4.78, 5) is 23.2. The average molecular weight is 466 g/mol. The number of halogens is 1. The van der Waals surface area contributed by atoms with E-state index in [1.54, 1.807) is 24.3 Å². The molecule has 1 saturated carbocycles.